The lowest BCUT2D eigenvalue weighted by molar-refractivity contribution is -0.386. The van der Waals surface area contributed by atoms with Gasteiger partial charge in [0.15, 0.2) is 5.75 Å². The lowest BCUT2D eigenvalue weighted by Crippen LogP contribution is -2.02. The molecule has 0 amide bonds. The molecule has 0 saturated heterocycles. The minimum Gasteiger partial charge on any atom is -0.483 e. The summed E-state index contributed by atoms with van der Waals surface area (Å²) < 4.78 is 5.72. The predicted octanol–water partition coefficient (Wildman–Crippen LogP) is 4.67. The highest BCUT2D eigenvalue weighted by molar-refractivity contribution is 6.43. The second-order valence-electron chi connectivity index (χ2n) is 5.36. The van der Waals surface area contributed by atoms with Crippen LogP contribution in [0.4, 0.5) is 5.69 Å². The molecule has 1 saturated carbocycles. The first kappa shape index (κ1) is 17.2. The normalized spacial score (nSPS) is 16.0. The fourth-order valence-electron chi connectivity index (χ4n) is 2.21. The van der Waals surface area contributed by atoms with Crippen molar-refractivity contribution < 1.29 is 9.66 Å². The number of aliphatic imine (C=N–C) groups is 1. The Morgan fingerprint density at radius 3 is 2.70 bits per heavy atom. The summed E-state index contributed by atoms with van der Waals surface area (Å²) in [4.78, 5) is 14.8. The van der Waals surface area contributed by atoms with Gasteiger partial charge in [-0.3, -0.25) is 15.1 Å². The first-order valence-electron chi connectivity index (χ1n) is 7.38. The van der Waals surface area contributed by atoms with E-state index in [1.54, 1.807) is 19.3 Å². The fraction of sp³-hybridized carbons (Fsp3) is 0.353. The van der Waals surface area contributed by atoms with Crippen LogP contribution < -0.4 is 4.74 Å². The third-order valence-corrected chi connectivity index (χ3v) is 3.75. The van der Waals surface area contributed by atoms with Crippen molar-refractivity contribution in [3.8, 4) is 5.75 Å². The van der Waals surface area contributed by atoms with Gasteiger partial charge in [-0.15, -0.1) is 0 Å². The van der Waals surface area contributed by atoms with Crippen LogP contribution in [0.25, 0.3) is 5.57 Å². The molecular weight excluding hydrogens is 316 g/mol. The average molecular weight is 335 g/mol. The van der Waals surface area contributed by atoms with Crippen LogP contribution >= 0.6 is 11.6 Å². The molecule has 5 nitrogen and oxygen atoms in total. The van der Waals surface area contributed by atoms with E-state index in [2.05, 4.69) is 4.99 Å². The molecule has 2 rings (SSSR count). The topological polar surface area (TPSA) is 64.7 Å². The molecule has 1 aliphatic rings. The Kier molecular flexibility index (Phi) is 5.55. The van der Waals surface area contributed by atoms with Crippen LogP contribution in [-0.2, 0) is 0 Å². The molecule has 23 heavy (non-hydrogen) atoms. The highest BCUT2D eigenvalue weighted by Gasteiger charge is 2.28. The number of hydrogen-bond acceptors (Lipinski definition) is 4. The van der Waals surface area contributed by atoms with Gasteiger partial charge in [0, 0.05) is 24.9 Å². The Morgan fingerprint density at radius 1 is 1.48 bits per heavy atom. The second-order valence-corrected chi connectivity index (χ2v) is 5.77. The molecule has 1 fully saturated rings. The predicted molar refractivity (Wildman–Crippen MR) is 93.5 cm³/mol. The standard InChI is InChI=1S/C17H19ClN2O3/c1-4-5-13(15(18)10-19-3)14-9-17(23-12-6-7-12)16(20(21)22)8-11(14)2/h4-5,8-10,12H,6-7H2,1-3H3/b5-4-,15-13-,19-10+. The maximum atomic E-state index is 11.3. The molecule has 0 unspecified atom stereocenters. The molecule has 122 valence electrons. The van der Waals surface area contributed by atoms with Gasteiger partial charge in [-0.25, -0.2) is 0 Å². The summed E-state index contributed by atoms with van der Waals surface area (Å²) in [7, 11) is 1.64. The maximum absolute atomic E-state index is 11.3. The van der Waals surface area contributed by atoms with Crippen LogP contribution in [0.1, 0.15) is 30.9 Å². The van der Waals surface area contributed by atoms with Crippen molar-refractivity contribution in [2.24, 2.45) is 4.99 Å². The van der Waals surface area contributed by atoms with E-state index in [4.69, 9.17) is 16.3 Å². The van der Waals surface area contributed by atoms with Gasteiger partial charge in [0.1, 0.15) is 0 Å². The van der Waals surface area contributed by atoms with Crippen LogP contribution in [0, 0.1) is 17.0 Å². The van der Waals surface area contributed by atoms with Crippen LogP contribution in [0.2, 0.25) is 0 Å². The molecule has 6 heteroatoms. The van der Waals surface area contributed by atoms with Gasteiger partial charge in [-0.05, 0) is 43.9 Å². The Labute approximate surface area is 140 Å². The van der Waals surface area contributed by atoms with Crippen molar-refractivity contribution in [3.63, 3.8) is 0 Å². The summed E-state index contributed by atoms with van der Waals surface area (Å²) in [5.41, 5.74) is 2.30. The number of aryl methyl sites for hydroxylation is 1. The van der Waals surface area contributed by atoms with E-state index in [1.807, 2.05) is 26.0 Å². The van der Waals surface area contributed by atoms with Crippen LogP contribution in [0.5, 0.6) is 5.75 Å². The van der Waals surface area contributed by atoms with E-state index < -0.39 is 4.92 Å². The number of hydrogen-bond donors (Lipinski definition) is 0. The summed E-state index contributed by atoms with van der Waals surface area (Å²) in [6.07, 6.45) is 7.22. The lowest BCUT2D eigenvalue weighted by Gasteiger charge is -2.12. The molecule has 1 aliphatic carbocycles. The molecule has 1 aromatic carbocycles. The summed E-state index contributed by atoms with van der Waals surface area (Å²) in [6.45, 7) is 3.70. The zero-order valence-electron chi connectivity index (χ0n) is 13.4. The monoisotopic (exact) mass is 334 g/mol. The molecule has 0 aromatic heterocycles. The molecule has 0 aliphatic heterocycles. The average Bonchev–Trinajstić information content (AvgIpc) is 3.30. The number of rotatable bonds is 6. The van der Waals surface area contributed by atoms with Crippen molar-refractivity contribution in [2.45, 2.75) is 32.8 Å². The lowest BCUT2D eigenvalue weighted by atomic mass is 9.98. The molecule has 0 N–H and O–H groups in total. The minimum atomic E-state index is -0.414. The van der Waals surface area contributed by atoms with E-state index in [-0.39, 0.29) is 17.5 Å². The summed E-state index contributed by atoms with van der Waals surface area (Å²) >= 11 is 6.31. The molecule has 1 aromatic rings. The van der Waals surface area contributed by atoms with Crippen LogP contribution in [0.3, 0.4) is 0 Å². The van der Waals surface area contributed by atoms with Gasteiger partial charge in [0.2, 0.25) is 0 Å². The van der Waals surface area contributed by atoms with Crippen LogP contribution in [0.15, 0.2) is 34.3 Å². The molecule has 0 radical (unpaired) electrons. The highest BCUT2D eigenvalue weighted by atomic mass is 35.5. The van der Waals surface area contributed by atoms with Gasteiger partial charge in [-0.2, -0.15) is 0 Å². The first-order chi connectivity index (χ1) is 11.0. The number of nitro groups is 1. The summed E-state index contributed by atoms with van der Waals surface area (Å²) in [5, 5.41) is 11.7. The van der Waals surface area contributed by atoms with E-state index >= 15 is 0 Å². The third-order valence-electron chi connectivity index (χ3n) is 3.44. The molecule has 0 spiro atoms. The van der Waals surface area contributed by atoms with Crippen molar-refractivity contribution in [1.82, 2.24) is 0 Å². The molecular formula is C17H19ClN2O3. The Hall–Kier alpha value is -2.14. The van der Waals surface area contributed by atoms with Crippen LogP contribution in [-0.4, -0.2) is 24.3 Å². The Morgan fingerprint density at radius 2 is 2.17 bits per heavy atom. The Bertz CT molecular complexity index is 704. The second kappa shape index (κ2) is 7.42. The van der Waals surface area contributed by atoms with E-state index in [9.17, 15) is 10.1 Å². The SMILES string of the molecule is C\C=C/C(=C(Cl)\C=N\C)c1cc(OC2CC2)c([N+](=O)[O-])cc1C. The highest BCUT2D eigenvalue weighted by Crippen LogP contribution is 2.38. The quantitative estimate of drug-likeness (QED) is 0.328. The maximum Gasteiger partial charge on any atom is 0.311 e. The minimum absolute atomic E-state index is 0.0155. The molecule has 0 heterocycles. The number of ether oxygens (including phenoxy) is 1. The number of nitrogens with zero attached hydrogens (tertiary/aromatic N) is 2. The number of halogens is 1. The smallest absolute Gasteiger partial charge is 0.311 e. The van der Waals surface area contributed by atoms with Gasteiger partial charge in [0.05, 0.1) is 16.1 Å². The summed E-state index contributed by atoms with van der Waals surface area (Å²) in [6, 6.07) is 3.23. The third kappa shape index (κ3) is 4.20. The first-order valence-corrected chi connectivity index (χ1v) is 7.76. The molecule has 0 atom stereocenters. The van der Waals surface area contributed by atoms with Crippen molar-refractivity contribution in [2.75, 3.05) is 7.05 Å². The van der Waals surface area contributed by atoms with Crippen molar-refractivity contribution >= 4 is 29.1 Å². The van der Waals surface area contributed by atoms with Gasteiger partial charge >= 0.3 is 5.69 Å². The van der Waals surface area contributed by atoms with E-state index in [1.165, 1.54) is 6.07 Å². The fourth-order valence-corrected chi connectivity index (χ4v) is 2.48. The number of benzene rings is 1. The van der Waals surface area contributed by atoms with E-state index in [0.717, 1.165) is 29.5 Å². The van der Waals surface area contributed by atoms with E-state index in [0.29, 0.717) is 5.03 Å². The van der Waals surface area contributed by atoms with Crippen molar-refractivity contribution in [3.05, 3.63) is 50.6 Å². The van der Waals surface area contributed by atoms with Crippen molar-refractivity contribution in [1.29, 1.82) is 0 Å². The Balaban J connectivity index is 2.60. The number of nitro benzene ring substituents is 1. The van der Waals surface area contributed by atoms with Gasteiger partial charge in [-0.1, -0.05) is 23.8 Å². The summed E-state index contributed by atoms with van der Waals surface area (Å²) in [5.74, 6) is 0.290. The van der Waals surface area contributed by atoms with Gasteiger partial charge < -0.3 is 4.74 Å². The zero-order valence-corrected chi connectivity index (χ0v) is 14.1. The zero-order chi connectivity index (χ0) is 17.0. The van der Waals surface area contributed by atoms with Gasteiger partial charge in [0.25, 0.3) is 0 Å². The molecule has 0 bridgehead atoms. The number of allylic oxidation sites excluding steroid dienone is 4. The largest absolute Gasteiger partial charge is 0.483 e.